The van der Waals surface area contributed by atoms with Gasteiger partial charge in [-0.1, -0.05) is 12.1 Å². The Bertz CT molecular complexity index is 1080. The summed E-state index contributed by atoms with van der Waals surface area (Å²) in [6.07, 6.45) is 3.90. The molecule has 8 heteroatoms. The van der Waals surface area contributed by atoms with Gasteiger partial charge in [0, 0.05) is 37.0 Å². The fourth-order valence-electron chi connectivity index (χ4n) is 2.87. The van der Waals surface area contributed by atoms with Crippen LogP contribution >= 0.6 is 0 Å². The number of esters is 1. The molecule has 2 aromatic heterocycles. The second-order valence-corrected chi connectivity index (χ2v) is 6.43. The Hall–Kier alpha value is -3.81. The first kappa shape index (κ1) is 20.9. The Labute approximate surface area is 173 Å². The van der Waals surface area contributed by atoms with Crippen molar-refractivity contribution in [2.45, 2.75) is 26.3 Å². The van der Waals surface area contributed by atoms with Crippen molar-refractivity contribution >= 4 is 17.6 Å². The minimum atomic E-state index is -0.489. The van der Waals surface area contributed by atoms with E-state index in [1.807, 2.05) is 12.1 Å². The highest BCUT2D eigenvalue weighted by atomic mass is 16.5. The number of aromatic nitrogens is 3. The first-order valence-corrected chi connectivity index (χ1v) is 9.63. The van der Waals surface area contributed by atoms with Gasteiger partial charge < -0.3 is 10.1 Å². The van der Waals surface area contributed by atoms with Crippen molar-refractivity contribution in [1.82, 2.24) is 14.8 Å². The van der Waals surface area contributed by atoms with E-state index in [1.54, 1.807) is 49.6 Å². The van der Waals surface area contributed by atoms with Gasteiger partial charge >= 0.3 is 5.97 Å². The number of ether oxygens (including phenoxy) is 1. The van der Waals surface area contributed by atoms with E-state index in [4.69, 9.17) is 4.74 Å². The molecular weight excluding hydrogens is 384 g/mol. The predicted octanol–water partition coefficient (Wildman–Crippen LogP) is 2.90. The summed E-state index contributed by atoms with van der Waals surface area (Å²) >= 11 is 0. The van der Waals surface area contributed by atoms with Crippen LogP contribution in [0.4, 0.5) is 5.69 Å². The van der Waals surface area contributed by atoms with Crippen LogP contribution < -0.4 is 10.9 Å². The molecule has 0 unspecified atom stereocenters. The molecule has 30 heavy (non-hydrogen) atoms. The van der Waals surface area contributed by atoms with E-state index in [0.29, 0.717) is 29.9 Å². The Kier molecular flexibility index (Phi) is 7.05. The quantitative estimate of drug-likeness (QED) is 0.577. The van der Waals surface area contributed by atoms with Crippen LogP contribution in [0.25, 0.3) is 11.3 Å². The number of carbonyl (C=O) groups excluding carboxylic acids is 2. The van der Waals surface area contributed by atoms with Crippen molar-refractivity contribution in [2.75, 3.05) is 11.9 Å². The lowest BCUT2D eigenvalue weighted by Crippen LogP contribution is -2.23. The number of benzene rings is 1. The number of amides is 1. The number of rotatable bonds is 8. The van der Waals surface area contributed by atoms with Crippen LogP contribution in [-0.2, 0) is 16.1 Å². The van der Waals surface area contributed by atoms with Gasteiger partial charge in [-0.2, -0.15) is 5.10 Å². The summed E-state index contributed by atoms with van der Waals surface area (Å²) in [6, 6.07) is 13.4. The minimum Gasteiger partial charge on any atom is -0.462 e. The topological polar surface area (TPSA) is 103 Å². The Morgan fingerprint density at radius 1 is 1.07 bits per heavy atom. The number of carbonyl (C=O) groups is 2. The summed E-state index contributed by atoms with van der Waals surface area (Å²) in [5, 5.41) is 7.10. The second-order valence-electron chi connectivity index (χ2n) is 6.43. The fraction of sp³-hybridized carbons (Fsp3) is 0.227. The first-order valence-electron chi connectivity index (χ1n) is 9.63. The van der Waals surface area contributed by atoms with E-state index in [-0.39, 0.29) is 24.5 Å². The molecule has 2 heterocycles. The predicted molar refractivity (Wildman–Crippen MR) is 112 cm³/mol. The molecule has 0 bridgehead atoms. The smallest absolute Gasteiger partial charge is 0.340 e. The molecule has 0 aliphatic carbocycles. The van der Waals surface area contributed by atoms with E-state index in [0.717, 1.165) is 5.56 Å². The van der Waals surface area contributed by atoms with Crippen LogP contribution in [0.3, 0.4) is 0 Å². The third-order valence-electron chi connectivity index (χ3n) is 4.31. The summed E-state index contributed by atoms with van der Waals surface area (Å²) in [5.41, 5.74) is 1.98. The number of nitrogens with one attached hydrogen (secondary N) is 1. The van der Waals surface area contributed by atoms with E-state index >= 15 is 0 Å². The van der Waals surface area contributed by atoms with Gasteiger partial charge in [0.25, 0.3) is 5.56 Å². The van der Waals surface area contributed by atoms with Crippen molar-refractivity contribution in [2.24, 2.45) is 0 Å². The van der Waals surface area contributed by atoms with E-state index < -0.39 is 5.97 Å². The fourth-order valence-corrected chi connectivity index (χ4v) is 2.87. The molecule has 0 radical (unpaired) electrons. The molecule has 8 nitrogen and oxygen atoms in total. The number of para-hydroxylation sites is 1. The third kappa shape index (κ3) is 5.38. The maximum absolute atomic E-state index is 12.3. The lowest BCUT2D eigenvalue weighted by atomic mass is 10.1. The SMILES string of the molecule is CCOC(=O)c1ccccc1NC(=O)CCCn1nc(-c2ccncc2)ccc1=O. The maximum atomic E-state index is 12.3. The molecule has 154 valence electrons. The molecule has 1 amide bonds. The normalized spacial score (nSPS) is 10.4. The van der Waals surface area contributed by atoms with Gasteiger partial charge in [0.05, 0.1) is 23.6 Å². The molecule has 0 spiro atoms. The molecule has 0 saturated carbocycles. The zero-order valence-corrected chi connectivity index (χ0v) is 16.6. The van der Waals surface area contributed by atoms with E-state index in [9.17, 15) is 14.4 Å². The number of pyridine rings is 1. The van der Waals surface area contributed by atoms with Crippen LogP contribution in [0.5, 0.6) is 0 Å². The van der Waals surface area contributed by atoms with E-state index in [1.165, 1.54) is 10.7 Å². The maximum Gasteiger partial charge on any atom is 0.340 e. The van der Waals surface area contributed by atoms with Gasteiger partial charge in [-0.3, -0.25) is 14.6 Å². The van der Waals surface area contributed by atoms with Crippen LogP contribution in [-0.4, -0.2) is 33.2 Å². The van der Waals surface area contributed by atoms with Crippen molar-refractivity contribution < 1.29 is 14.3 Å². The largest absolute Gasteiger partial charge is 0.462 e. The molecular formula is C22H22N4O4. The average molecular weight is 406 g/mol. The summed E-state index contributed by atoms with van der Waals surface area (Å²) in [7, 11) is 0. The molecule has 0 saturated heterocycles. The van der Waals surface area contributed by atoms with Gasteiger partial charge in [-0.15, -0.1) is 0 Å². The standard InChI is InChI=1S/C22H22N4O4/c1-2-30-22(29)17-6-3-4-7-19(17)24-20(27)8-5-15-26-21(28)10-9-18(25-26)16-11-13-23-14-12-16/h3-4,6-7,9-14H,2,5,8,15H2,1H3,(H,24,27). The van der Waals surface area contributed by atoms with Crippen molar-refractivity contribution in [1.29, 1.82) is 0 Å². The van der Waals surface area contributed by atoms with Crippen LogP contribution in [0.15, 0.2) is 65.7 Å². The Morgan fingerprint density at radius 2 is 1.83 bits per heavy atom. The summed E-state index contributed by atoms with van der Waals surface area (Å²) < 4.78 is 6.35. The number of anilines is 1. The second kappa shape index (κ2) is 10.1. The van der Waals surface area contributed by atoms with Crippen LogP contribution in [0, 0.1) is 0 Å². The van der Waals surface area contributed by atoms with Gasteiger partial charge in [-0.25, -0.2) is 9.48 Å². The summed E-state index contributed by atoms with van der Waals surface area (Å²) in [4.78, 5) is 40.4. The lowest BCUT2D eigenvalue weighted by Gasteiger charge is -2.11. The van der Waals surface area contributed by atoms with Crippen LogP contribution in [0.1, 0.15) is 30.1 Å². The Balaban J connectivity index is 1.61. The highest BCUT2D eigenvalue weighted by molar-refractivity contribution is 6.01. The molecule has 1 N–H and O–H groups in total. The van der Waals surface area contributed by atoms with Gasteiger partial charge in [-0.05, 0) is 43.7 Å². The summed E-state index contributed by atoms with van der Waals surface area (Å²) in [5.74, 6) is -0.748. The van der Waals surface area contributed by atoms with Crippen LogP contribution in [0.2, 0.25) is 0 Å². The van der Waals surface area contributed by atoms with E-state index in [2.05, 4.69) is 15.4 Å². The Morgan fingerprint density at radius 3 is 2.60 bits per heavy atom. The third-order valence-corrected chi connectivity index (χ3v) is 4.31. The first-order chi connectivity index (χ1) is 14.6. The van der Waals surface area contributed by atoms with Gasteiger partial charge in [0.15, 0.2) is 0 Å². The van der Waals surface area contributed by atoms with Gasteiger partial charge in [0.1, 0.15) is 0 Å². The monoisotopic (exact) mass is 406 g/mol. The number of hydrogen-bond acceptors (Lipinski definition) is 6. The zero-order valence-electron chi connectivity index (χ0n) is 16.6. The highest BCUT2D eigenvalue weighted by Crippen LogP contribution is 2.17. The molecule has 1 aromatic carbocycles. The molecule has 3 rings (SSSR count). The summed E-state index contributed by atoms with van der Waals surface area (Å²) in [6.45, 7) is 2.27. The molecule has 0 atom stereocenters. The molecule has 0 aliphatic rings. The average Bonchev–Trinajstić information content (AvgIpc) is 2.76. The minimum absolute atomic E-state index is 0.171. The van der Waals surface area contributed by atoms with Gasteiger partial charge in [0.2, 0.25) is 5.91 Å². The zero-order chi connectivity index (χ0) is 21.3. The highest BCUT2D eigenvalue weighted by Gasteiger charge is 2.14. The van der Waals surface area contributed by atoms with Crippen molar-refractivity contribution in [3.05, 3.63) is 76.8 Å². The lowest BCUT2D eigenvalue weighted by molar-refractivity contribution is -0.116. The molecule has 3 aromatic rings. The van der Waals surface area contributed by atoms with Crippen molar-refractivity contribution in [3.63, 3.8) is 0 Å². The van der Waals surface area contributed by atoms with Crippen molar-refractivity contribution in [3.8, 4) is 11.3 Å². The number of aryl methyl sites for hydroxylation is 1. The number of hydrogen-bond donors (Lipinski definition) is 1. The molecule has 0 fully saturated rings. The molecule has 0 aliphatic heterocycles. The number of nitrogens with zero attached hydrogens (tertiary/aromatic N) is 3.